The van der Waals surface area contributed by atoms with Gasteiger partial charge in [-0.3, -0.25) is 0 Å². The van der Waals surface area contributed by atoms with Crippen molar-refractivity contribution in [1.82, 2.24) is 20.1 Å². The lowest BCUT2D eigenvalue weighted by molar-refractivity contribution is 0.289. The molecule has 4 nitrogen and oxygen atoms in total. The fraction of sp³-hybridized carbons (Fsp3) is 0.857. The van der Waals surface area contributed by atoms with Gasteiger partial charge in [0.15, 0.2) is 5.16 Å². The first-order valence-electron chi connectivity index (χ1n) is 7.48. The zero-order valence-electron chi connectivity index (χ0n) is 12.3. The molecule has 1 saturated carbocycles. The lowest BCUT2D eigenvalue weighted by Gasteiger charge is -2.36. The molecule has 1 aromatic heterocycles. The van der Waals surface area contributed by atoms with Crippen molar-refractivity contribution in [3.8, 4) is 0 Å². The predicted molar refractivity (Wildman–Crippen MR) is 80.4 cm³/mol. The van der Waals surface area contributed by atoms with Gasteiger partial charge >= 0.3 is 0 Å². The number of thioether (sulfide) groups is 1. The van der Waals surface area contributed by atoms with Crippen LogP contribution in [-0.2, 0) is 7.05 Å². The van der Waals surface area contributed by atoms with Gasteiger partial charge in [-0.05, 0) is 31.7 Å². The van der Waals surface area contributed by atoms with E-state index >= 15 is 0 Å². The van der Waals surface area contributed by atoms with Crippen LogP contribution >= 0.6 is 11.8 Å². The molecule has 19 heavy (non-hydrogen) atoms. The van der Waals surface area contributed by atoms with Gasteiger partial charge in [0.2, 0.25) is 0 Å². The van der Waals surface area contributed by atoms with E-state index in [1.165, 1.54) is 32.1 Å². The molecule has 0 amide bonds. The van der Waals surface area contributed by atoms with E-state index < -0.39 is 0 Å². The van der Waals surface area contributed by atoms with Gasteiger partial charge in [0, 0.05) is 18.3 Å². The van der Waals surface area contributed by atoms with Gasteiger partial charge in [0.1, 0.15) is 6.33 Å². The summed E-state index contributed by atoms with van der Waals surface area (Å²) >= 11 is 1.90. The van der Waals surface area contributed by atoms with Gasteiger partial charge in [0.05, 0.1) is 0 Å². The summed E-state index contributed by atoms with van der Waals surface area (Å²) in [6, 6.07) is 0.625. The first-order chi connectivity index (χ1) is 9.24. The van der Waals surface area contributed by atoms with Crippen molar-refractivity contribution in [2.75, 3.05) is 6.54 Å². The highest BCUT2D eigenvalue weighted by molar-refractivity contribution is 7.99. The smallest absolute Gasteiger partial charge is 0.186 e. The van der Waals surface area contributed by atoms with Crippen molar-refractivity contribution in [3.63, 3.8) is 0 Å². The molecule has 1 N–H and O–H groups in total. The number of aryl methyl sites for hydroxylation is 1. The van der Waals surface area contributed by atoms with Gasteiger partial charge in [-0.25, -0.2) is 9.67 Å². The van der Waals surface area contributed by atoms with Crippen LogP contribution in [0.4, 0.5) is 0 Å². The highest BCUT2D eigenvalue weighted by Gasteiger charge is 2.31. The Morgan fingerprint density at radius 2 is 2.26 bits per heavy atom. The summed E-state index contributed by atoms with van der Waals surface area (Å²) in [6.07, 6.45) is 8.31. The molecule has 0 aromatic carbocycles. The van der Waals surface area contributed by atoms with E-state index in [1.807, 2.05) is 23.5 Å². The maximum atomic E-state index is 4.36. The predicted octanol–water partition coefficient (Wildman–Crippen LogP) is 2.85. The Bertz CT molecular complexity index is 379. The molecule has 0 spiro atoms. The van der Waals surface area contributed by atoms with Crippen LogP contribution in [-0.4, -0.2) is 32.6 Å². The first kappa shape index (κ1) is 14.9. The van der Waals surface area contributed by atoms with E-state index in [0.717, 1.165) is 17.6 Å². The number of hydrogen-bond acceptors (Lipinski definition) is 4. The lowest BCUT2D eigenvalue weighted by Crippen LogP contribution is -2.42. The Balaban J connectivity index is 2.00. The molecule has 1 aromatic rings. The Morgan fingerprint density at radius 1 is 1.42 bits per heavy atom. The maximum absolute atomic E-state index is 4.36. The van der Waals surface area contributed by atoms with Crippen molar-refractivity contribution in [3.05, 3.63) is 6.33 Å². The topological polar surface area (TPSA) is 42.7 Å². The standard InChI is InChI=1S/C14H26N4S/c1-4-6-11-7-8-12(15-5-2)13(9-11)19-14-16-10-17-18(14)3/h10-13,15H,4-9H2,1-3H3. The fourth-order valence-corrected chi connectivity index (χ4v) is 4.38. The van der Waals surface area contributed by atoms with Crippen molar-refractivity contribution in [1.29, 1.82) is 0 Å². The monoisotopic (exact) mass is 282 g/mol. The van der Waals surface area contributed by atoms with Crippen LogP contribution in [0.15, 0.2) is 11.5 Å². The summed E-state index contributed by atoms with van der Waals surface area (Å²) in [7, 11) is 1.98. The number of aromatic nitrogens is 3. The third-order valence-corrected chi connectivity index (χ3v) is 5.39. The van der Waals surface area contributed by atoms with Crippen LogP contribution < -0.4 is 5.32 Å². The quantitative estimate of drug-likeness (QED) is 0.871. The van der Waals surface area contributed by atoms with E-state index in [1.54, 1.807) is 6.33 Å². The van der Waals surface area contributed by atoms with Gasteiger partial charge in [-0.2, -0.15) is 5.10 Å². The minimum atomic E-state index is 0.625. The maximum Gasteiger partial charge on any atom is 0.186 e. The highest BCUT2D eigenvalue weighted by Crippen LogP contribution is 2.37. The summed E-state index contributed by atoms with van der Waals surface area (Å²) in [6.45, 7) is 5.54. The number of nitrogens with one attached hydrogen (secondary N) is 1. The summed E-state index contributed by atoms with van der Waals surface area (Å²) in [4.78, 5) is 4.36. The van der Waals surface area contributed by atoms with Crippen molar-refractivity contribution in [2.24, 2.45) is 13.0 Å². The molecule has 1 fully saturated rings. The van der Waals surface area contributed by atoms with Crippen molar-refractivity contribution >= 4 is 11.8 Å². The molecule has 1 aliphatic rings. The highest BCUT2D eigenvalue weighted by atomic mass is 32.2. The normalized spacial score (nSPS) is 27.6. The molecule has 0 bridgehead atoms. The van der Waals surface area contributed by atoms with Crippen molar-refractivity contribution < 1.29 is 0 Å². The van der Waals surface area contributed by atoms with Crippen LogP contribution in [0, 0.1) is 5.92 Å². The second-order valence-corrected chi connectivity index (χ2v) is 6.66. The molecule has 3 atom stereocenters. The van der Waals surface area contributed by atoms with Gasteiger partial charge < -0.3 is 5.32 Å². The van der Waals surface area contributed by atoms with E-state index in [9.17, 15) is 0 Å². The Kier molecular flexibility index (Phi) is 5.70. The van der Waals surface area contributed by atoms with E-state index in [0.29, 0.717) is 11.3 Å². The zero-order valence-corrected chi connectivity index (χ0v) is 13.1. The van der Waals surface area contributed by atoms with Crippen LogP contribution in [0.2, 0.25) is 0 Å². The number of hydrogen-bond donors (Lipinski definition) is 1. The van der Waals surface area contributed by atoms with Crippen LogP contribution in [0.5, 0.6) is 0 Å². The molecule has 108 valence electrons. The third-order valence-electron chi connectivity index (χ3n) is 3.99. The Labute approximate surface area is 120 Å². The number of rotatable bonds is 6. The van der Waals surface area contributed by atoms with Crippen LogP contribution in [0.3, 0.4) is 0 Å². The average molecular weight is 282 g/mol. The van der Waals surface area contributed by atoms with E-state index in [4.69, 9.17) is 0 Å². The summed E-state index contributed by atoms with van der Waals surface area (Å²) < 4.78 is 1.89. The molecular weight excluding hydrogens is 256 g/mol. The van der Waals surface area contributed by atoms with Gasteiger partial charge in [0.25, 0.3) is 0 Å². The van der Waals surface area contributed by atoms with Gasteiger partial charge in [-0.15, -0.1) is 0 Å². The molecular formula is C14H26N4S. The summed E-state index contributed by atoms with van der Waals surface area (Å²) in [5.41, 5.74) is 0. The minimum absolute atomic E-state index is 0.625. The Hall–Kier alpha value is -0.550. The molecule has 0 saturated heterocycles. The molecule has 2 rings (SSSR count). The molecule has 0 aliphatic heterocycles. The summed E-state index contributed by atoms with van der Waals surface area (Å²) in [5, 5.41) is 9.50. The zero-order chi connectivity index (χ0) is 13.7. The largest absolute Gasteiger partial charge is 0.313 e. The molecule has 0 radical (unpaired) electrons. The van der Waals surface area contributed by atoms with Crippen molar-refractivity contribution in [2.45, 2.75) is 62.4 Å². The van der Waals surface area contributed by atoms with Crippen LogP contribution in [0.25, 0.3) is 0 Å². The second-order valence-electron chi connectivity index (χ2n) is 5.45. The molecule has 3 unspecified atom stereocenters. The van der Waals surface area contributed by atoms with E-state index in [2.05, 4.69) is 29.2 Å². The molecule has 1 aliphatic carbocycles. The summed E-state index contributed by atoms with van der Waals surface area (Å²) in [5.74, 6) is 0.894. The third kappa shape index (κ3) is 3.96. The minimum Gasteiger partial charge on any atom is -0.313 e. The van der Waals surface area contributed by atoms with Gasteiger partial charge in [-0.1, -0.05) is 38.5 Å². The van der Waals surface area contributed by atoms with E-state index in [-0.39, 0.29) is 0 Å². The molecule has 1 heterocycles. The number of nitrogens with zero attached hydrogens (tertiary/aromatic N) is 3. The van der Waals surface area contributed by atoms with Crippen LogP contribution in [0.1, 0.15) is 46.0 Å². The fourth-order valence-electron chi connectivity index (χ4n) is 3.04. The molecule has 5 heteroatoms. The lowest BCUT2D eigenvalue weighted by atomic mass is 9.83. The first-order valence-corrected chi connectivity index (χ1v) is 8.36. The second kappa shape index (κ2) is 7.29. The Morgan fingerprint density at radius 3 is 2.89 bits per heavy atom. The SMILES string of the molecule is CCCC1CCC(NCC)C(Sc2ncnn2C)C1. The average Bonchev–Trinajstić information content (AvgIpc) is 2.79.